The van der Waals surface area contributed by atoms with E-state index in [-0.39, 0.29) is 50.5 Å². The molecule has 0 aromatic heterocycles. The van der Waals surface area contributed by atoms with Gasteiger partial charge in [0.15, 0.2) is 0 Å². The second kappa shape index (κ2) is 15.7. The van der Waals surface area contributed by atoms with E-state index in [0.717, 1.165) is 5.56 Å². The van der Waals surface area contributed by atoms with Crippen molar-refractivity contribution in [2.45, 2.75) is 77.7 Å². The van der Waals surface area contributed by atoms with Gasteiger partial charge in [0.05, 0.1) is 17.8 Å². The smallest absolute Gasteiger partial charge is 0.317 e. The van der Waals surface area contributed by atoms with E-state index >= 15 is 0 Å². The molecular weight excluding hydrogens is 368 g/mol. The van der Waals surface area contributed by atoms with Crippen LogP contribution in [0.1, 0.15) is 83.2 Å². The molecule has 1 aromatic rings. The SMILES string of the molecule is C.C.C.C.C.C.CC(CC1C(=O)OC(=O)C1C(C)C(C)C(=O)O)c1ccccc1. The van der Waals surface area contributed by atoms with E-state index in [1.807, 2.05) is 37.3 Å². The van der Waals surface area contributed by atoms with E-state index in [1.54, 1.807) is 13.8 Å². The first-order chi connectivity index (χ1) is 10.8. The molecule has 1 N–H and O–H groups in total. The fourth-order valence-corrected chi connectivity index (χ4v) is 3.21. The molecule has 0 aliphatic carbocycles. The number of carboxylic acid groups (broad SMARTS) is 1. The van der Waals surface area contributed by atoms with Gasteiger partial charge < -0.3 is 9.84 Å². The number of benzene rings is 1. The van der Waals surface area contributed by atoms with Gasteiger partial charge in [0.2, 0.25) is 0 Å². The van der Waals surface area contributed by atoms with Crippen LogP contribution in [0.4, 0.5) is 0 Å². The van der Waals surface area contributed by atoms with Gasteiger partial charge in [-0.1, -0.05) is 95.7 Å². The maximum atomic E-state index is 12.1. The van der Waals surface area contributed by atoms with Gasteiger partial charge in [-0.3, -0.25) is 14.4 Å². The molecule has 1 aliphatic heterocycles. The van der Waals surface area contributed by atoms with Crippen LogP contribution in [0.5, 0.6) is 0 Å². The molecule has 0 saturated carbocycles. The van der Waals surface area contributed by atoms with Crippen LogP contribution in [0.3, 0.4) is 0 Å². The van der Waals surface area contributed by atoms with Crippen molar-refractivity contribution in [3.05, 3.63) is 35.9 Å². The predicted octanol–water partition coefficient (Wildman–Crippen LogP) is 6.67. The first-order valence-electron chi connectivity index (χ1n) is 7.86. The number of ether oxygens (including phenoxy) is 1. The topological polar surface area (TPSA) is 80.7 Å². The number of cyclic esters (lactones) is 2. The highest BCUT2D eigenvalue weighted by Gasteiger charge is 2.49. The third kappa shape index (κ3) is 8.38. The minimum atomic E-state index is -0.973. The summed E-state index contributed by atoms with van der Waals surface area (Å²) in [5, 5.41) is 9.17. The molecule has 2 rings (SSSR count). The Morgan fingerprint density at radius 2 is 1.41 bits per heavy atom. The molecule has 0 radical (unpaired) electrons. The molecule has 172 valence electrons. The van der Waals surface area contributed by atoms with E-state index < -0.39 is 41.6 Å². The van der Waals surface area contributed by atoms with Crippen LogP contribution in [0.25, 0.3) is 0 Å². The van der Waals surface area contributed by atoms with Crippen LogP contribution in [0.15, 0.2) is 30.3 Å². The Labute approximate surface area is 179 Å². The van der Waals surface area contributed by atoms with Crippen LogP contribution in [-0.2, 0) is 19.1 Å². The van der Waals surface area contributed by atoms with Crippen LogP contribution >= 0.6 is 0 Å². The lowest BCUT2D eigenvalue weighted by Gasteiger charge is -2.25. The quantitative estimate of drug-likeness (QED) is 0.415. The molecule has 1 saturated heterocycles. The maximum absolute atomic E-state index is 12.1. The lowest BCUT2D eigenvalue weighted by Crippen LogP contribution is -2.32. The molecule has 5 nitrogen and oxygen atoms in total. The highest BCUT2D eigenvalue weighted by molar-refractivity contribution is 5.96. The van der Waals surface area contributed by atoms with Crippen molar-refractivity contribution in [3.63, 3.8) is 0 Å². The van der Waals surface area contributed by atoms with E-state index in [4.69, 9.17) is 4.74 Å². The number of esters is 2. The monoisotopic (exact) mass is 414 g/mol. The second-order valence-electron chi connectivity index (χ2n) is 6.41. The van der Waals surface area contributed by atoms with Crippen molar-refractivity contribution in [1.29, 1.82) is 0 Å². The Morgan fingerprint density at radius 1 is 0.931 bits per heavy atom. The average molecular weight is 415 g/mol. The lowest BCUT2D eigenvalue weighted by molar-refractivity contribution is -0.154. The summed E-state index contributed by atoms with van der Waals surface area (Å²) >= 11 is 0. The molecule has 5 heteroatoms. The second-order valence-corrected chi connectivity index (χ2v) is 6.41. The van der Waals surface area contributed by atoms with E-state index in [2.05, 4.69) is 0 Å². The van der Waals surface area contributed by atoms with Gasteiger partial charge >= 0.3 is 17.9 Å². The zero-order valence-electron chi connectivity index (χ0n) is 13.6. The van der Waals surface area contributed by atoms with Gasteiger partial charge in [-0.25, -0.2) is 0 Å². The molecule has 0 amide bonds. The summed E-state index contributed by atoms with van der Waals surface area (Å²) in [6, 6.07) is 9.73. The van der Waals surface area contributed by atoms with Gasteiger partial charge in [-0.05, 0) is 23.8 Å². The summed E-state index contributed by atoms with van der Waals surface area (Å²) in [7, 11) is 0. The first kappa shape index (κ1) is 37.6. The molecule has 0 spiro atoms. The third-order valence-corrected chi connectivity index (χ3v) is 4.93. The zero-order valence-corrected chi connectivity index (χ0v) is 13.6. The molecule has 5 atom stereocenters. The molecule has 1 heterocycles. The highest BCUT2D eigenvalue weighted by atomic mass is 16.6. The molecule has 29 heavy (non-hydrogen) atoms. The Hall–Kier alpha value is -2.17. The third-order valence-electron chi connectivity index (χ3n) is 4.93. The summed E-state index contributed by atoms with van der Waals surface area (Å²) in [5.74, 6) is -4.48. The molecule has 1 aromatic carbocycles. The fraction of sp³-hybridized carbons (Fsp3) is 0.625. The zero-order chi connectivity index (χ0) is 17.1. The first-order valence-corrected chi connectivity index (χ1v) is 7.86. The van der Waals surface area contributed by atoms with Crippen LogP contribution in [-0.4, -0.2) is 23.0 Å². The average Bonchev–Trinajstić information content (AvgIpc) is 2.80. The number of carbonyl (C=O) groups excluding carboxylic acids is 2. The molecular formula is C24H46O5. The van der Waals surface area contributed by atoms with Crippen molar-refractivity contribution in [3.8, 4) is 0 Å². The summed E-state index contributed by atoms with van der Waals surface area (Å²) in [6.07, 6.45) is 0.468. The van der Waals surface area contributed by atoms with E-state index in [0.29, 0.717) is 6.42 Å². The van der Waals surface area contributed by atoms with Crippen molar-refractivity contribution < 1.29 is 24.2 Å². The maximum Gasteiger partial charge on any atom is 0.317 e. The van der Waals surface area contributed by atoms with Crippen molar-refractivity contribution in [1.82, 2.24) is 0 Å². The number of hydrogen-bond acceptors (Lipinski definition) is 4. The minimum Gasteiger partial charge on any atom is -0.481 e. The highest BCUT2D eigenvalue weighted by Crippen LogP contribution is 2.39. The van der Waals surface area contributed by atoms with Gasteiger partial charge in [0.1, 0.15) is 0 Å². The summed E-state index contributed by atoms with van der Waals surface area (Å²) in [5.41, 5.74) is 1.08. The van der Waals surface area contributed by atoms with Crippen molar-refractivity contribution >= 4 is 17.9 Å². The Kier molecular flexibility index (Phi) is 20.4. The van der Waals surface area contributed by atoms with Gasteiger partial charge in [0, 0.05) is 0 Å². The Morgan fingerprint density at radius 3 is 1.86 bits per heavy atom. The number of hydrogen-bond donors (Lipinski definition) is 1. The molecule has 5 unspecified atom stereocenters. The normalized spacial score (nSPS) is 19.7. The van der Waals surface area contributed by atoms with Gasteiger partial charge in [-0.15, -0.1) is 0 Å². The molecule has 0 bridgehead atoms. The van der Waals surface area contributed by atoms with Crippen LogP contribution < -0.4 is 0 Å². The number of carboxylic acids is 1. The van der Waals surface area contributed by atoms with E-state index in [1.165, 1.54) is 0 Å². The number of aliphatic carboxylic acids is 1. The van der Waals surface area contributed by atoms with Crippen LogP contribution in [0.2, 0.25) is 0 Å². The molecule has 1 aliphatic rings. The predicted molar refractivity (Wildman–Crippen MR) is 124 cm³/mol. The number of rotatable bonds is 6. The van der Waals surface area contributed by atoms with Gasteiger partial charge in [-0.2, -0.15) is 0 Å². The summed E-state index contributed by atoms with van der Waals surface area (Å²) < 4.78 is 4.80. The van der Waals surface area contributed by atoms with Crippen LogP contribution in [0, 0.1) is 23.7 Å². The number of carbonyl (C=O) groups is 3. The fourth-order valence-electron chi connectivity index (χ4n) is 3.21. The minimum absolute atomic E-state index is 0. The molecule has 1 fully saturated rings. The van der Waals surface area contributed by atoms with Crippen molar-refractivity contribution in [2.75, 3.05) is 0 Å². The Bertz CT molecular complexity index is 597. The standard InChI is InChI=1S/C18H22O5.6CH4/c1-10(13-7-5-4-6-8-13)9-14-15(18(22)23-17(14)21)11(2)12(3)16(19)20;;;;;;/h4-8,10-12,14-15H,9H2,1-3H3,(H,19,20);6*1H4. The van der Waals surface area contributed by atoms with Gasteiger partial charge in [0.25, 0.3) is 0 Å². The Balaban J connectivity index is -0.000000320. The summed E-state index contributed by atoms with van der Waals surface area (Å²) in [6.45, 7) is 5.25. The van der Waals surface area contributed by atoms with Crippen molar-refractivity contribution in [2.24, 2.45) is 23.7 Å². The lowest BCUT2D eigenvalue weighted by atomic mass is 9.74. The van der Waals surface area contributed by atoms with E-state index in [9.17, 15) is 19.5 Å². The summed E-state index contributed by atoms with van der Waals surface area (Å²) in [4.78, 5) is 35.3. The largest absolute Gasteiger partial charge is 0.481 e.